The monoisotopic (exact) mass is 373 g/mol. The average molecular weight is 373 g/mol. The van der Waals surface area contributed by atoms with Gasteiger partial charge in [-0.25, -0.2) is 15.0 Å². The highest BCUT2D eigenvalue weighted by Crippen LogP contribution is 2.25. The van der Waals surface area contributed by atoms with Crippen LogP contribution >= 0.6 is 0 Å². The molecule has 2 aromatic rings. The molecule has 0 bridgehead atoms. The van der Waals surface area contributed by atoms with E-state index in [4.69, 9.17) is 4.74 Å². The van der Waals surface area contributed by atoms with Crippen molar-refractivity contribution in [3.05, 3.63) is 12.7 Å². The Morgan fingerprint density at radius 3 is 2.81 bits per heavy atom. The fourth-order valence-electron chi connectivity index (χ4n) is 3.83. The number of hydrogen-bond donors (Lipinski definition) is 2. The maximum Gasteiger partial charge on any atom is 0.223 e. The zero-order valence-corrected chi connectivity index (χ0v) is 15.6. The molecule has 27 heavy (non-hydrogen) atoms. The Morgan fingerprint density at radius 1 is 1.19 bits per heavy atom. The number of amides is 1. The summed E-state index contributed by atoms with van der Waals surface area (Å²) in [7, 11) is 0. The second-order valence-corrected chi connectivity index (χ2v) is 7.16. The van der Waals surface area contributed by atoms with E-state index in [0.717, 1.165) is 83.1 Å². The van der Waals surface area contributed by atoms with Crippen molar-refractivity contribution in [1.29, 1.82) is 0 Å². The van der Waals surface area contributed by atoms with Gasteiger partial charge in [-0.2, -0.15) is 0 Å². The van der Waals surface area contributed by atoms with Crippen LogP contribution < -0.4 is 10.2 Å². The molecule has 2 aromatic heterocycles. The van der Waals surface area contributed by atoms with Gasteiger partial charge in [-0.05, 0) is 25.8 Å². The lowest BCUT2D eigenvalue weighted by atomic mass is 9.96. The molecule has 9 nitrogen and oxygen atoms in total. The van der Waals surface area contributed by atoms with Gasteiger partial charge in [0.1, 0.15) is 11.8 Å². The van der Waals surface area contributed by atoms with Gasteiger partial charge in [-0.3, -0.25) is 9.69 Å². The fraction of sp³-hybridized carbons (Fsp3) is 0.667. The van der Waals surface area contributed by atoms with E-state index in [1.165, 1.54) is 0 Å². The maximum atomic E-state index is 12.5. The van der Waals surface area contributed by atoms with E-state index in [1.54, 1.807) is 12.7 Å². The topological polar surface area (TPSA) is 99.3 Å². The highest BCUT2D eigenvalue weighted by atomic mass is 16.5. The number of anilines is 1. The zero-order chi connectivity index (χ0) is 18.5. The van der Waals surface area contributed by atoms with Crippen LogP contribution in [0.3, 0.4) is 0 Å². The highest BCUT2D eigenvalue weighted by molar-refractivity contribution is 5.83. The van der Waals surface area contributed by atoms with Crippen LogP contribution in [-0.2, 0) is 9.53 Å². The minimum atomic E-state index is 0.0868. The first kappa shape index (κ1) is 18.1. The Labute approximate surface area is 158 Å². The van der Waals surface area contributed by atoms with Crippen LogP contribution in [0.5, 0.6) is 0 Å². The summed E-state index contributed by atoms with van der Waals surface area (Å²) in [6.07, 6.45) is 5.86. The molecule has 0 aliphatic carbocycles. The predicted octanol–water partition coefficient (Wildman–Crippen LogP) is 0.408. The second kappa shape index (κ2) is 8.62. The van der Waals surface area contributed by atoms with Crippen molar-refractivity contribution < 1.29 is 9.53 Å². The predicted molar refractivity (Wildman–Crippen MR) is 102 cm³/mol. The third kappa shape index (κ3) is 4.36. The number of H-pyrrole nitrogens is 1. The van der Waals surface area contributed by atoms with Crippen molar-refractivity contribution in [2.75, 3.05) is 57.4 Å². The first-order valence-corrected chi connectivity index (χ1v) is 9.78. The van der Waals surface area contributed by atoms with Gasteiger partial charge in [0.05, 0.1) is 19.5 Å². The average Bonchev–Trinajstić information content (AvgIpc) is 3.21. The molecule has 2 aliphatic heterocycles. The van der Waals surface area contributed by atoms with Crippen LogP contribution in [-0.4, -0.2) is 83.2 Å². The number of ether oxygens (including phenoxy) is 1. The molecule has 0 spiro atoms. The van der Waals surface area contributed by atoms with Gasteiger partial charge in [0.25, 0.3) is 0 Å². The number of fused-ring (bicyclic) bond motifs is 1. The third-order valence-corrected chi connectivity index (χ3v) is 5.42. The number of morpholine rings is 1. The number of piperidine rings is 1. The van der Waals surface area contributed by atoms with Gasteiger partial charge < -0.3 is 19.9 Å². The van der Waals surface area contributed by atoms with Crippen molar-refractivity contribution in [2.45, 2.75) is 19.3 Å². The van der Waals surface area contributed by atoms with Gasteiger partial charge in [-0.15, -0.1) is 0 Å². The van der Waals surface area contributed by atoms with Crippen molar-refractivity contribution in [3.8, 4) is 0 Å². The summed E-state index contributed by atoms with van der Waals surface area (Å²) in [5.74, 6) is 1.15. The molecule has 0 atom stereocenters. The maximum absolute atomic E-state index is 12.5. The zero-order valence-electron chi connectivity index (χ0n) is 15.6. The molecule has 0 aromatic carbocycles. The smallest absolute Gasteiger partial charge is 0.223 e. The summed E-state index contributed by atoms with van der Waals surface area (Å²) >= 11 is 0. The summed E-state index contributed by atoms with van der Waals surface area (Å²) < 4.78 is 5.35. The molecule has 2 N–H and O–H groups in total. The fourth-order valence-corrected chi connectivity index (χ4v) is 3.83. The second-order valence-electron chi connectivity index (χ2n) is 7.16. The number of rotatable bonds is 6. The molecule has 146 valence electrons. The molecule has 4 rings (SSSR count). The first-order valence-electron chi connectivity index (χ1n) is 9.78. The number of aromatic amines is 1. The molecule has 0 radical (unpaired) electrons. The molecular formula is C18H27N7O2. The van der Waals surface area contributed by atoms with Crippen LogP contribution in [0, 0.1) is 5.92 Å². The quantitative estimate of drug-likeness (QED) is 0.708. The summed E-state index contributed by atoms with van der Waals surface area (Å²) in [5.41, 5.74) is 1.55. The number of nitrogens with zero attached hydrogens (tertiary/aromatic N) is 5. The highest BCUT2D eigenvalue weighted by Gasteiger charge is 2.26. The standard InChI is InChI=1S/C18H27N7O2/c26-18(19-4-1-5-24-8-10-27-11-9-24)14-2-6-25(7-3-14)17-15-16(21-12-20-15)22-13-23-17/h12-14H,1-11H2,(H,19,26)(H,20,21,22,23). The van der Waals surface area contributed by atoms with Gasteiger partial charge in [0.15, 0.2) is 11.5 Å². The molecule has 0 unspecified atom stereocenters. The summed E-state index contributed by atoms with van der Waals surface area (Å²) in [4.78, 5) is 32.9. The summed E-state index contributed by atoms with van der Waals surface area (Å²) in [5, 5.41) is 3.11. The Hall–Kier alpha value is -2.26. The number of nitrogens with one attached hydrogen (secondary N) is 2. The van der Waals surface area contributed by atoms with Crippen LogP contribution in [0.25, 0.3) is 11.2 Å². The lowest BCUT2D eigenvalue weighted by molar-refractivity contribution is -0.125. The normalized spacial score (nSPS) is 19.5. The van der Waals surface area contributed by atoms with Gasteiger partial charge in [-0.1, -0.05) is 0 Å². The van der Waals surface area contributed by atoms with Crippen LogP contribution in [0.1, 0.15) is 19.3 Å². The van der Waals surface area contributed by atoms with Gasteiger partial charge in [0, 0.05) is 38.6 Å². The molecule has 0 saturated carbocycles. The number of hydrogen-bond acceptors (Lipinski definition) is 7. The first-order chi connectivity index (χ1) is 13.3. The van der Waals surface area contributed by atoms with E-state index in [1.807, 2.05) is 0 Å². The van der Waals surface area contributed by atoms with Gasteiger partial charge >= 0.3 is 0 Å². The van der Waals surface area contributed by atoms with Crippen molar-refractivity contribution in [3.63, 3.8) is 0 Å². The minimum Gasteiger partial charge on any atom is -0.379 e. The summed E-state index contributed by atoms with van der Waals surface area (Å²) in [6.45, 7) is 7.05. The van der Waals surface area contributed by atoms with Crippen molar-refractivity contribution >= 4 is 22.9 Å². The molecular weight excluding hydrogens is 346 g/mol. The molecule has 1 amide bonds. The molecule has 2 fully saturated rings. The molecule has 4 heterocycles. The van der Waals surface area contributed by atoms with Crippen molar-refractivity contribution in [1.82, 2.24) is 30.2 Å². The van der Waals surface area contributed by atoms with E-state index >= 15 is 0 Å². The van der Waals surface area contributed by atoms with E-state index in [2.05, 4.69) is 35.1 Å². The van der Waals surface area contributed by atoms with Gasteiger partial charge in [0.2, 0.25) is 5.91 Å². The molecule has 2 saturated heterocycles. The van der Waals surface area contributed by atoms with E-state index < -0.39 is 0 Å². The van der Waals surface area contributed by atoms with Crippen LogP contribution in [0.15, 0.2) is 12.7 Å². The lowest BCUT2D eigenvalue weighted by Crippen LogP contribution is -2.42. The summed E-state index contributed by atoms with van der Waals surface area (Å²) in [6, 6.07) is 0. The number of carbonyl (C=O) groups excluding carboxylic acids is 1. The van der Waals surface area contributed by atoms with E-state index in [9.17, 15) is 4.79 Å². The lowest BCUT2D eigenvalue weighted by Gasteiger charge is -2.32. The number of aromatic nitrogens is 4. The SMILES string of the molecule is O=C(NCCCN1CCOCC1)C1CCN(c2ncnc3nc[nH]c23)CC1. The van der Waals surface area contributed by atoms with E-state index in [-0.39, 0.29) is 11.8 Å². The molecule has 2 aliphatic rings. The molecule has 9 heteroatoms. The Morgan fingerprint density at radius 2 is 2.00 bits per heavy atom. The minimum absolute atomic E-state index is 0.0868. The Balaban J connectivity index is 1.20. The Bertz CT molecular complexity index is 751. The Kier molecular flexibility index (Phi) is 5.78. The van der Waals surface area contributed by atoms with Crippen molar-refractivity contribution in [2.24, 2.45) is 5.92 Å². The van der Waals surface area contributed by atoms with Crippen LogP contribution in [0.4, 0.5) is 5.82 Å². The number of carbonyl (C=O) groups is 1. The largest absolute Gasteiger partial charge is 0.379 e. The third-order valence-electron chi connectivity index (χ3n) is 5.42. The number of imidazole rings is 1. The van der Waals surface area contributed by atoms with Crippen LogP contribution in [0.2, 0.25) is 0 Å². The van der Waals surface area contributed by atoms with E-state index in [0.29, 0.717) is 5.65 Å².